The van der Waals surface area contributed by atoms with Gasteiger partial charge in [-0.2, -0.15) is 0 Å². The van der Waals surface area contributed by atoms with Crippen LogP contribution in [-0.4, -0.2) is 52.0 Å². The molecule has 0 saturated heterocycles. The van der Waals surface area contributed by atoms with Crippen molar-refractivity contribution in [2.24, 2.45) is 0 Å². The molecular formula is C38H31ClN8O4. The first-order valence-electron chi connectivity index (χ1n) is 16.0. The number of hydrogen-bond acceptors (Lipinski definition) is 8. The van der Waals surface area contributed by atoms with Crippen LogP contribution in [0.1, 0.15) is 27.8 Å². The summed E-state index contributed by atoms with van der Waals surface area (Å²) in [7, 11) is 0. The van der Waals surface area contributed by atoms with Crippen LogP contribution in [0.2, 0.25) is 5.02 Å². The molecule has 13 heteroatoms. The number of aromatic hydroxyl groups is 2. The van der Waals surface area contributed by atoms with Crippen LogP contribution in [-0.2, 0) is 22.7 Å². The van der Waals surface area contributed by atoms with Crippen molar-refractivity contribution in [1.29, 1.82) is 0 Å². The van der Waals surface area contributed by atoms with Gasteiger partial charge in [0.1, 0.15) is 50.5 Å². The molecule has 0 saturated carbocycles. The van der Waals surface area contributed by atoms with E-state index in [-0.39, 0.29) is 30.2 Å². The summed E-state index contributed by atoms with van der Waals surface area (Å²) in [6.07, 6.45) is 1.45. The van der Waals surface area contributed by atoms with Gasteiger partial charge in [0.15, 0.2) is 0 Å². The van der Waals surface area contributed by atoms with E-state index in [9.17, 15) is 19.8 Å². The van der Waals surface area contributed by atoms with E-state index in [2.05, 4.69) is 31.0 Å². The van der Waals surface area contributed by atoms with Crippen LogP contribution < -0.4 is 10.6 Å². The van der Waals surface area contributed by atoms with Gasteiger partial charge in [0.25, 0.3) is 11.8 Å². The van der Waals surface area contributed by atoms with E-state index in [1.54, 1.807) is 48.5 Å². The largest absolute Gasteiger partial charge is 0.505 e. The number of halogens is 1. The third kappa shape index (κ3) is 6.98. The molecule has 4 N–H and O–H groups in total. The molecule has 0 spiro atoms. The Bertz CT molecular complexity index is 2270. The second-order valence-electron chi connectivity index (χ2n) is 12.0. The number of phenols is 2. The van der Waals surface area contributed by atoms with Gasteiger partial charge in [-0.25, -0.2) is 0 Å². The lowest BCUT2D eigenvalue weighted by Crippen LogP contribution is -2.34. The summed E-state index contributed by atoms with van der Waals surface area (Å²) in [5, 5.41) is 46.4. The first-order chi connectivity index (χ1) is 24.6. The highest BCUT2D eigenvalue weighted by Gasteiger charge is 2.22. The summed E-state index contributed by atoms with van der Waals surface area (Å²) < 4.78 is 0. The number of phenolic OH excluding ortho intramolecular Hbond substituents is 2. The lowest BCUT2D eigenvalue weighted by Gasteiger charge is -2.14. The number of fused-ring (bicyclic) bond motifs is 2. The molecule has 0 aliphatic carbocycles. The molecule has 0 aliphatic rings. The molecule has 0 fully saturated rings. The first kappa shape index (κ1) is 33.0. The minimum absolute atomic E-state index is 0.0986. The Labute approximate surface area is 296 Å². The van der Waals surface area contributed by atoms with Crippen molar-refractivity contribution in [2.45, 2.75) is 26.9 Å². The third-order valence-corrected chi connectivity index (χ3v) is 8.43. The Morgan fingerprint density at radius 1 is 0.647 bits per heavy atom. The van der Waals surface area contributed by atoms with Crippen molar-refractivity contribution < 1.29 is 19.8 Å². The van der Waals surface area contributed by atoms with Gasteiger partial charge in [0.2, 0.25) is 0 Å². The van der Waals surface area contributed by atoms with E-state index in [0.717, 1.165) is 11.1 Å². The zero-order chi connectivity index (χ0) is 35.6. The van der Waals surface area contributed by atoms with E-state index in [1.807, 2.05) is 62.4 Å². The van der Waals surface area contributed by atoms with Crippen molar-refractivity contribution in [3.05, 3.63) is 135 Å². The molecule has 2 heterocycles. The van der Waals surface area contributed by atoms with Gasteiger partial charge in [-0.15, -0.1) is 30.0 Å². The smallest absolute Gasteiger partial charge is 0.257 e. The highest BCUT2D eigenvalue weighted by Crippen LogP contribution is 2.30. The molecule has 0 radical (unpaired) electrons. The average Bonchev–Trinajstić information content (AvgIpc) is 3.76. The lowest BCUT2D eigenvalue weighted by molar-refractivity contribution is -0.123. The van der Waals surface area contributed by atoms with Crippen LogP contribution >= 0.6 is 11.6 Å². The number of nitrogens with one attached hydrogen (secondary N) is 2. The molecule has 5 aromatic carbocycles. The van der Waals surface area contributed by atoms with Crippen molar-refractivity contribution >= 4 is 51.6 Å². The third-order valence-electron chi connectivity index (χ3n) is 8.18. The number of carbonyl (C=O) groups is 2. The Hall–Kier alpha value is -6.53. The predicted molar refractivity (Wildman–Crippen MR) is 194 cm³/mol. The Kier molecular flexibility index (Phi) is 8.90. The van der Waals surface area contributed by atoms with Gasteiger partial charge in [-0.3, -0.25) is 9.59 Å². The van der Waals surface area contributed by atoms with E-state index >= 15 is 0 Å². The Morgan fingerprint density at radius 3 is 1.43 bits per heavy atom. The summed E-state index contributed by atoms with van der Waals surface area (Å²) in [5.74, 6) is -1.60. The molecule has 2 amide bonds. The van der Waals surface area contributed by atoms with Gasteiger partial charge < -0.3 is 20.8 Å². The second-order valence-corrected chi connectivity index (χ2v) is 12.5. The molecule has 0 unspecified atom stereocenters. The van der Waals surface area contributed by atoms with Crippen molar-refractivity contribution in [1.82, 2.24) is 40.6 Å². The van der Waals surface area contributed by atoms with E-state index < -0.39 is 11.8 Å². The molecular weight excluding hydrogens is 668 g/mol. The summed E-state index contributed by atoms with van der Waals surface area (Å²) in [4.78, 5) is 30.1. The Morgan fingerprint density at radius 2 is 1.04 bits per heavy atom. The zero-order valence-corrected chi connectivity index (χ0v) is 28.3. The van der Waals surface area contributed by atoms with E-state index in [1.165, 1.54) is 15.7 Å². The summed E-state index contributed by atoms with van der Waals surface area (Å²) in [6, 6.07) is 28.3. The number of benzene rings is 5. The molecule has 0 aliphatic heterocycles. The summed E-state index contributed by atoms with van der Waals surface area (Å²) in [5.41, 5.74) is 6.14. The number of hydrogen-bond donors (Lipinski definition) is 4. The van der Waals surface area contributed by atoms with Crippen molar-refractivity contribution in [3.63, 3.8) is 0 Å². The maximum atomic E-state index is 13.7. The monoisotopic (exact) mass is 698 g/mol. The predicted octanol–water partition coefficient (Wildman–Crippen LogP) is 5.85. The van der Waals surface area contributed by atoms with Gasteiger partial charge >= 0.3 is 0 Å². The van der Waals surface area contributed by atoms with E-state index in [0.29, 0.717) is 55.2 Å². The minimum Gasteiger partial charge on any atom is -0.505 e. The number of aromatic nitrogens is 6. The van der Waals surface area contributed by atoms with E-state index in [4.69, 9.17) is 11.6 Å². The van der Waals surface area contributed by atoms with Gasteiger partial charge in [-0.05, 0) is 85.1 Å². The molecule has 0 atom stereocenters. The second kappa shape index (κ2) is 13.8. The molecule has 7 aromatic rings. The minimum atomic E-state index is -0.686. The van der Waals surface area contributed by atoms with Crippen LogP contribution in [0.3, 0.4) is 0 Å². The van der Waals surface area contributed by atoms with Crippen molar-refractivity contribution in [3.8, 4) is 22.9 Å². The average molecular weight is 699 g/mol. The number of aryl methyl sites for hydroxylation is 2. The Balaban J connectivity index is 1.13. The fourth-order valence-electron chi connectivity index (χ4n) is 5.68. The van der Waals surface area contributed by atoms with Gasteiger partial charge in [-0.1, -0.05) is 60.1 Å². The molecule has 0 bridgehead atoms. The summed E-state index contributed by atoms with van der Waals surface area (Å²) >= 11 is 6.08. The van der Waals surface area contributed by atoms with Crippen LogP contribution in [0.25, 0.3) is 39.5 Å². The number of rotatable bonds is 9. The van der Waals surface area contributed by atoms with Crippen LogP contribution in [0, 0.1) is 13.8 Å². The number of carbonyl (C=O) groups excluding carboxylic acids is 2. The highest BCUT2D eigenvalue weighted by molar-refractivity contribution is 6.30. The SMILES string of the molecule is Cc1cc(CNC(=O)C(=Cc2ccc(Cl)cc2)C(=O)NCc2cc(C)cc(-n3nc4ccccc4n3)c2O)c(O)c(-n2nc3ccccc3n2)c1. The number of amides is 2. The normalized spacial score (nSPS) is 11.1. The lowest BCUT2D eigenvalue weighted by atomic mass is 10.1. The zero-order valence-electron chi connectivity index (χ0n) is 27.5. The summed E-state index contributed by atoms with van der Waals surface area (Å²) in [6.45, 7) is 3.51. The molecule has 2 aromatic heterocycles. The standard InChI is InChI=1S/C38H31ClN8O4/c1-22-15-25(35(48)33(17-22)46-42-29-7-3-4-8-30(29)43-46)20-40-37(50)28(19-24-11-13-27(39)14-12-24)38(51)41-21-26-16-23(2)18-34(36(26)49)47-44-31-9-5-6-10-32(31)45-47/h3-19,48-49H,20-21H2,1-2H3,(H,40,50)(H,41,51). The molecule has 7 rings (SSSR count). The molecule has 12 nitrogen and oxygen atoms in total. The topological polar surface area (TPSA) is 160 Å². The van der Waals surface area contributed by atoms with Crippen molar-refractivity contribution in [2.75, 3.05) is 0 Å². The maximum absolute atomic E-state index is 13.7. The fraction of sp³-hybridized carbons (Fsp3) is 0.105. The quantitative estimate of drug-likeness (QED) is 0.0830. The van der Waals surface area contributed by atoms with Crippen LogP contribution in [0.5, 0.6) is 11.5 Å². The van der Waals surface area contributed by atoms with Gasteiger partial charge in [0, 0.05) is 29.2 Å². The maximum Gasteiger partial charge on any atom is 0.257 e. The van der Waals surface area contributed by atoms with Crippen LogP contribution in [0.4, 0.5) is 0 Å². The number of nitrogens with zero attached hydrogens (tertiary/aromatic N) is 6. The first-order valence-corrected chi connectivity index (χ1v) is 16.3. The van der Waals surface area contributed by atoms with Gasteiger partial charge in [0.05, 0.1) is 0 Å². The molecule has 51 heavy (non-hydrogen) atoms. The molecule has 254 valence electrons. The fourth-order valence-corrected chi connectivity index (χ4v) is 5.80. The van der Waals surface area contributed by atoms with Crippen LogP contribution in [0.15, 0.2) is 103 Å². The highest BCUT2D eigenvalue weighted by atomic mass is 35.5.